The number of nitro benzene ring substituents is 1. The number of pyridine rings is 1. The Kier molecular flexibility index (Phi) is 6.54. The summed E-state index contributed by atoms with van der Waals surface area (Å²) in [5.41, 5.74) is 0.530. The van der Waals surface area contributed by atoms with Crippen LogP contribution in [0, 0.1) is 17.0 Å². The predicted molar refractivity (Wildman–Crippen MR) is 97.6 cm³/mol. The number of benzene rings is 1. The minimum absolute atomic E-state index is 0.0141. The van der Waals surface area contributed by atoms with Crippen molar-refractivity contribution in [3.63, 3.8) is 0 Å². The van der Waals surface area contributed by atoms with Crippen molar-refractivity contribution in [2.75, 3.05) is 19.0 Å². The van der Waals surface area contributed by atoms with Gasteiger partial charge in [0, 0.05) is 24.0 Å². The molecule has 0 atom stereocenters. The number of rotatable bonds is 6. The van der Waals surface area contributed by atoms with E-state index in [9.17, 15) is 19.7 Å². The number of hydrogen-bond acceptors (Lipinski definition) is 7. The van der Waals surface area contributed by atoms with Crippen LogP contribution in [0.25, 0.3) is 0 Å². The maximum Gasteiger partial charge on any atom is 0.340 e. The average Bonchev–Trinajstić information content (AvgIpc) is 2.63. The topological polar surface area (TPSA) is 121 Å². The quantitative estimate of drug-likeness (QED) is 0.333. The summed E-state index contributed by atoms with van der Waals surface area (Å²) in [4.78, 5) is 38.0. The van der Waals surface area contributed by atoms with Gasteiger partial charge in [-0.2, -0.15) is 0 Å². The SMILES string of the molecule is COc1cc(NC(=O)COC(=O)c2cnc(Cl)c(Cl)c2)c(C)cc1[N+](=O)[O-]. The highest BCUT2D eigenvalue weighted by Crippen LogP contribution is 2.32. The summed E-state index contributed by atoms with van der Waals surface area (Å²) < 4.78 is 9.84. The fourth-order valence-electron chi connectivity index (χ4n) is 2.05. The van der Waals surface area contributed by atoms with Crippen molar-refractivity contribution in [3.8, 4) is 5.75 Å². The third kappa shape index (κ3) is 5.05. The minimum atomic E-state index is -0.811. The largest absolute Gasteiger partial charge is 0.490 e. The number of amides is 1. The van der Waals surface area contributed by atoms with Crippen LogP contribution in [0.3, 0.4) is 0 Å². The number of esters is 1. The summed E-state index contributed by atoms with van der Waals surface area (Å²) in [6.45, 7) is 0.993. The Morgan fingerprint density at radius 3 is 2.59 bits per heavy atom. The van der Waals surface area contributed by atoms with Gasteiger partial charge in [0.05, 0.1) is 22.6 Å². The summed E-state index contributed by atoms with van der Waals surface area (Å²) in [6.07, 6.45) is 1.17. The van der Waals surface area contributed by atoms with Crippen LogP contribution >= 0.6 is 23.2 Å². The van der Waals surface area contributed by atoms with E-state index in [-0.39, 0.29) is 32.9 Å². The van der Waals surface area contributed by atoms with Gasteiger partial charge in [-0.05, 0) is 18.6 Å². The van der Waals surface area contributed by atoms with E-state index in [1.165, 1.54) is 31.5 Å². The molecule has 142 valence electrons. The summed E-state index contributed by atoms with van der Waals surface area (Å²) in [6, 6.07) is 3.85. The first kappa shape index (κ1) is 20.4. The van der Waals surface area contributed by atoms with Crippen molar-refractivity contribution in [1.29, 1.82) is 0 Å². The van der Waals surface area contributed by atoms with Crippen molar-refractivity contribution in [2.45, 2.75) is 6.92 Å². The van der Waals surface area contributed by atoms with E-state index in [0.717, 1.165) is 0 Å². The number of carbonyl (C=O) groups is 2. The third-order valence-corrected chi connectivity index (χ3v) is 4.05. The molecule has 0 aliphatic rings. The average molecular weight is 414 g/mol. The van der Waals surface area contributed by atoms with Gasteiger partial charge in [0.25, 0.3) is 5.91 Å². The molecule has 0 radical (unpaired) electrons. The molecule has 0 aliphatic heterocycles. The number of ether oxygens (including phenoxy) is 2. The molecule has 2 aromatic rings. The molecule has 1 N–H and O–H groups in total. The zero-order chi connectivity index (χ0) is 20.1. The highest BCUT2D eigenvalue weighted by atomic mass is 35.5. The van der Waals surface area contributed by atoms with Crippen LogP contribution in [-0.4, -0.2) is 35.5 Å². The molecule has 0 saturated carbocycles. The van der Waals surface area contributed by atoms with Crippen molar-refractivity contribution in [2.24, 2.45) is 0 Å². The number of hydrogen-bond donors (Lipinski definition) is 1. The van der Waals surface area contributed by atoms with Crippen molar-refractivity contribution >= 4 is 46.5 Å². The Labute approximate surface area is 163 Å². The Morgan fingerprint density at radius 2 is 2.00 bits per heavy atom. The zero-order valence-corrected chi connectivity index (χ0v) is 15.6. The lowest BCUT2D eigenvalue weighted by atomic mass is 10.1. The molecule has 0 spiro atoms. The number of nitrogens with zero attached hydrogens (tertiary/aromatic N) is 2. The van der Waals surface area contributed by atoms with E-state index in [0.29, 0.717) is 5.56 Å². The van der Waals surface area contributed by atoms with Crippen molar-refractivity contribution in [1.82, 2.24) is 4.98 Å². The summed E-state index contributed by atoms with van der Waals surface area (Å²) in [5, 5.41) is 13.6. The molecule has 0 aliphatic carbocycles. The lowest BCUT2D eigenvalue weighted by Gasteiger charge is -2.11. The maximum atomic E-state index is 12.0. The molecule has 0 unspecified atom stereocenters. The number of anilines is 1. The Balaban J connectivity index is 2.04. The van der Waals surface area contributed by atoms with E-state index in [1.807, 2.05) is 0 Å². The molecular formula is C16H13Cl2N3O6. The first-order valence-electron chi connectivity index (χ1n) is 7.34. The molecule has 0 fully saturated rings. The fraction of sp³-hybridized carbons (Fsp3) is 0.188. The Bertz CT molecular complexity index is 919. The van der Waals surface area contributed by atoms with Crippen LogP contribution in [0.2, 0.25) is 10.2 Å². The highest BCUT2D eigenvalue weighted by Gasteiger charge is 2.19. The van der Waals surface area contributed by atoms with Crippen LogP contribution in [-0.2, 0) is 9.53 Å². The first-order chi connectivity index (χ1) is 12.7. The number of halogens is 2. The summed E-state index contributed by atoms with van der Waals surface area (Å²) in [7, 11) is 1.27. The van der Waals surface area contributed by atoms with Gasteiger partial charge in [-0.1, -0.05) is 23.2 Å². The number of aromatic nitrogens is 1. The van der Waals surface area contributed by atoms with Gasteiger partial charge < -0.3 is 14.8 Å². The standard InChI is InChI=1S/C16H13Cl2N3O6/c1-8-3-12(21(24)25)13(26-2)5-11(8)20-14(22)7-27-16(23)9-4-10(17)15(18)19-6-9/h3-6H,7H2,1-2H3,(H,20,22). The number of aryl methyl sites for hydroxylation is 1. The van der Waals surface area contributed by atoms with Crippen molar-refractivity contribution < 1.29 is 24.0 Å². The van der Waals surface area contributed by atoms with Crippen LogP contribution < -0.4 is 10.1 Å². The normalized spacial score (nSPS) is 10.2. The molecule has 9 nitrogen and oxygen atoms in total. The predicted octanol–water partition coefficient (Wildman–Crippen LogP) is 3.41. The van der Waals surface area contributed by atoms with Crippen LogP contribution in [0.5, 0.6) is 5.75 Å². The molecule has 2 rings (SSSR count). The molecular weight excluding hydrogens is 401 g/mol. The number of methoxy groups -OCH3 is 1. The van der Waals surface area contributed by atoms with Crippen molar-refractivity contribution in [3.05, 3.63) is 55.8 Å². The van der Waals surface area contributed by atoms with Crippen LogP contribution in [0.15, 0.2) is 24.4 Å². The molecule has 1 heterocycles. The van der Waals surface area contributed by atoms with E-state index in [1.54, 1.807) is 6.92 Å². The molecule has 11 heteroatoms. The number of nitrogens with one attached hydrogen (secondary N) is 1. The smallest absolute Gasteiger partial charge is 0.340 e. The lowest BCUT2D eigenvalue weighted by Crippen LogP contribution is -2.21. The van der Waals surface area contributed by atoms with E-state index in [4.69, 9.17) is 32.7 Å². The van der Waals surface area contributed by atoms with Gasteiger partial charge in [0.1, 0.15) is 5.15 Å². The van der Waals surface area contributed by atoms with Gasteiger partial charge >= 0.3 is 11.7 Å². The monoisotopic (exact) mass is 413 g/mol. The summed E-state index contributed by atoms with van der Waals surface area (Å²) >= 11 is 11.4. The van der Waals surface area contributed by atoms with Crippen LogP contribution in [0.4, 0.5) is 11.4 Å². The fourth-order valence-corrected chi connectivity index (χ4v) is 2.32. The summed E-state index contributed by atoms with van der Waals surface area (Å²) in [5.74, 6) is -1.47. The van der Waals surface area contributed by atoms with Gasteiger partial charge in [0.15, 0.2) is 12.4 Å². The zero-order valence-electron chi connectivity index (χ0n) is 14.1. The highest BCUT2D eigenvalue weighted by molar-refractivity contribution is 6.41. The molecule has 0 bridgehead atoms. The first-order valence-corrected chi connectivity index (χ1v) is 8.09. The van der Waals surface area contributed by atoms with Gasteiger partial charge in [-0.15, -0.1) is 0 Å². The number of nitro groups is 1. The second kappa shape index (κ2) is 8.65. The molecule has 1 aromatic carbocycles. The van der Waals surface area contributed by atoms with Gasteiger partial charge in [-0.3, -0.25) is 14.9 Å². The molecule has 0 saturated heterocycles. The van der Waals surface area contributed by atoms with E-state index in [2.05, 4.69) is 10.3 Å². The minimum Gasteiger partial charge on any atom is -0.490 e. The third-order valence-electron chi connectivity index (χ3n) is 3.36. The number of carbonyl (C=O) groups excluding carboxylic acids is 2. The Hall–Kier alpha value is -2.91. The second-order valence-electron chi connectivity index (χ2n) is 5.22. The second-order valence-corrected chi connectivity index (χ2v) is 5.98. The lowest BCUT2D eigenvalue weighted by molar-refractivity contribution is -0.385. The molecule has 1 aromatic heterocycles. The molecule has 1 amide bonds. The van der Waals surface area contributed by atoms with E-state index >= 15 is 0 Å². The molecule has 27 heavy (non-hydrogen) atoms. The van der Waals surface area contributed by atoms with Crippen LogP contribution in [0.1, 0.15) is 15.9 Å². The van der Waals surface area contributed by atoms with Gasteiger partial charge in [-0.25, -0.2) is 9.78 Å². The Morgan fingerprint density at radius 1 is 1.30 bits per heavy atom. The van der Waals surface area contributed by atoms with Gasteiger partial charge in [0.2, 0.25) is 0 Å². The van der Waals surface area contributed by atoms with E-state index < -0.39 is 23.4 Å². The maximum absolute atomic E-state index is 12.0.